The molecule has 5 atom stereocenters. The van der Waals surface area contributed by atoms with Gasteiger partial charge in [0.05, 0.1) is 26.4 Å². The Morgan fingerprint density at radius 1 is 0.287 bits per heavy atom. The Labute approximate surface area is 530 Å². The van der Waals surface area contributed by atoms with Gasteiger partial charge in [0.15, 0.2) is 12.2 Å². The zero-order chi connectivity index (χ0) is 64.7. The summed E-state index contributed by atoms with van der Waals surface area (Å²) in [4.78, 5) is 72.4. The normalized spacial score (nSPS) is 14.3. The number of hydrogen-bond donors (Lipinski definition) is 3. The van der Waals surface area contributed by atoms with E-state index in [0.29, 0.717) is 31.6 Å². The molecule has 0 aromatic heterocycles. The Balaban J connectivity index is 5.22. The molecule has 0 saturated carbocycles. The summed E-state index contributed by atoms with van der Waals surface area (Å²) in [5.41, 5.74) is 0. The number of hydrogen-bond acceptors (Lipinski definition) is 15. The number of carbonyl (C=O) groups excluding carboxylic acids is 4. The van der Waals surface area contributed by atoms with Gasteiger partial charge in [0.1, 0.15) is 19.3 Å². The molecule has 0 bridgehead atoms. The molecule has 3 N–H and O–H groups in total. The molecule has 17 nitrogen and oxygen atoms in total. The largest absolute Gasteiger partial charge is 0.472 e. The maximum absolute atomic E-state index is 13.0. The monoisotopic (exact) mass is 1280 g/mol. The molecule has 19 heteroatoms. The van der Waals surface area contributed by atoms with Crippen molar-refractivity contribution < 1.29 is 80.2 Å². The molecule has 0 rings (SSSR count). The molecule has 0 fully saturated rings. The Hall–Kier alpha value is -1.94. The first-order chi connectivity index (χ1) is 41.6. The lowest BCUT2D eigenvalue weighted by atomic mass is 10.0. The van der Waals surface area contributed by atoms with Crippen molar-refractivity contribution in [2.45, 2.75) is 350 Å². The van der Waals surface area contributed by atoms with Crippen LogP contribution in [0.5, 0.6) is 0 Å². The fourth-order valence-corrected chi connectivity index (χ4v) is 11.7. The summed E-state index contributed by atoms with van der Waals surface area (Å²) in [5, 5.41) is 10.6. The number of phosphoric ester groups is 2. The number of phosphoric acid groups is 2. The van der Waals surface area contributed by atoms with Crippen molar-refractivity contribution in [3.63, 3.8) is 0 Å². The van der Waals surface area contributed by atoms with Crippen molar-refractivity contribution in [3.8, 4) is 0 Å². The van der Waals surface area contributed by atoms with Gasteiger partial charge in [0.25, 0.3) is 0 Å². The van der Waals surface area contributed by atoms with E-state index in [-0.39, 0.29) is 25.7 Å². The van der Waals surface area contributed by atoms with E-state index in [2.05, 4.69) is 55.4 Å². The highest BCUT2D eigenvalue weighted by atomic mass is 31.2. The molecule has 0 aliphatic rings. The molecule has 0 saturated heterocycles. The van der Waals surface area contributed by atoms with Gasteiger partial charge in [0.2, 0.25) is 0 Å². The van der Waals surface area contributed by atoms with Crippen molar-refractivity contribution in [1.29, 1.82) is 0 Å². The van der Waals surface area contributed by atoms with Crippen LogP contribution in [0.2, 0.25) is 0 Å². The number of rotatable bonds is 65. The fourth-order valence-electron chi connectivity index (χ4n) is 10.1. The second-order valence-electron chi connectivity index (χ2n) is 26.5. The van der Waals surface area contributed by atoms with Gasteiger partial charge in [-0.3, -0.25) is 37.3 Å². The maximum Gasteiger partial charge on any atom is 0.472 e. The minimum atomic E-state index is -4.95. The second kappa shape index (κ2) is 57.9. The summed E-state index contributed by atoms with van der Waals surface area (Å²) in [5.74, 6) is 0.777. The average molecular weight is 1280 g/mol. The predicted molar refractivity (Wildman–Crippen MR) is 349 cm³/mol. The zero-order valence-corrected chi connectivity index (χ0v) is 58.4. The topological polar surface area (TPSA) is 237 Å². The number of aliphatic hydroxyl groups is 1. The molecule has 0 aromatic rings. The van der Waals surface area contributed by atoms with Gasteiger partial charge in [-0.15, -0.1) is 0 Å². The van der Waals surface area contributed by atoms with Gasteiger partial charge in [-0.05, 0) is 49.4 Å². The van der Waals surface area contributed by atoms with Crippen molar-refractivity contribution in [1.82, 2.24) is 0 Å². The van der Waals surface area contributed by atoms with E-state index < -0.39 is 97.5 Å². The standard InChI is InChI=1S/C68H132O17P2/c1-58(2)44-36-28-20-14-11-9-10-12-16-23-32-40-48-65(70)78-55-64(85-68(73)51-43-35-27-26-31-39-47-61(7)8)57-83-87(76,77)81-53-62(69)52-80-86(74,75)82-56-63(54-79-66(71)49-41-33-24-19-18-22-30-38-46-60(5)6)84-67(72)50-42-34-25-17-13-15-21-29-37-45-59(3)4/h58-64,69H,9-57H2,1-8H3,(H,74,75)(H,76,77)/t62?,63-,64-/m1/s1. The minimum absolute atomic E-state index is 0.102. The Bertz CT molecular complexity index is 1730. The smallest absolute Gasteiger partial charge is 0.462 e. The van der Waals surface area contributed by atoms with Crippen molar-refractivity contribution in [2.24, 2.45) is 23.7 Å². The minimum Gasteiger partial charge on any atom is -0.462 e. The summed E-state index contributed by atoms with van der Waals surface area (Å²) in [6.45, 7) is 14.0. The summed E-state index contributed by atoms with van der Waals surface area (Å²) in [6.07, 6.45) is 39.2. The Kier molecular flexibility index (Phi) is 56.6. The molecule has 0 radical (unpaired) electrons. The van der Waals surface area contributed by atoms with Gasteiger partial charge in [0, 0.05) is 25.7 Å². The van der Waals surface area contributed by atoms with Crippen LogP contribution in [0.25, 0.3) is 0 Å². The fraction of sp³-hybridized carbons (Fsp3) is 0.941. The number of ether oxygens (including phenoxy) is 4. The molecule has 87 heavy (non-hydrogen) atoms. The lowest BCUT2D eigenvalue weighted by Crippen LogP contribution is -2.30. The van der Waals surface area contributed by atoms with Gasteiger partial charge in [-0.1, -0.05) is 280 Å². The Morgan fingerprint density at radius 2 is 0.483 bits per heavy atom. The predicted octanol–water partition coefficient (Wildman–Crippen LogP) is 18.9. The molecule has 0 heterocycles. The molecule has 0 amide bonds. The quantitative estimate of drug-likeness (QED) is 0.0222. The third-order valence-corrected chi connectivity index (χ3v) is 17.5. The maximum atomic E-state index is 13.0. The molecule has 0 spiro atoms. The molecular weight excluding hydrogens is 1150 g/mol. The summed E-state index contributed by atoms with van der Waals surface area (Å²) in [7, 11) is -9.90. The van der Waals surface area contributed by atoms with Crippen LogP contribution >= 0.6 is 15.6 Å². The van der Waals surface area contributed by atoms with E-state index in [9.17, 15) is 43.2 Å². The first-order valence-corrected chi connectivity index (χ1v) is 38.2. The van der Waals surface area contributed by atoms with Gasteiger partial charge in [-0.25, -0.2) is 9.13 Å². The molecule has 3 unspecified atom stereocenters. The highest BCUT2D eigenvalue weighted by Crippen LogP contribution is 2.45. The van der Waals surface area contributed by atoms with Crippen LogP contribution in [0.15, 0.2) is 0 Å². The van der Waals surface area contributed by atoms with Crippen LogP contribution in [-0.2, 0) is 65.4 Å². The van der Waals surface area contributed by atoms with Gasteiger partial charge < -0.3 is 33.8 Å². The summed E-state index contributed by atoms with van der Waals surface area (Å²) in [6, 6.07) is 0. The second-order valence-corrected chi connectivity index (χ2v) is 29.4. The SMILES string of the molecule is CC(C)CCCCCCCCCCCCCCC(=O)OC[C@H](COP(=O)(O)OCC(O)COP(=O)(O)OC[C@@H](COC(=O)CCCCCCCCCCC(C)C)OC(=O)CCCCCCCCCCCC(C)C)OC(=O)CCCCCCCCC(C)C. The summed E-state index contributed by atoms with van der Waals surface area (Å²) < 4.78 is 68.1. The highest BCUT2D eigenvalue weighted by molar-refractivity contribution is 7.47. The van der Waals surface area contributed by atoms with E-state index in [1.165, 1.54) is 135 Å². The molecule has 0 aromatic carbocycles. The number of carbonyl (C=O) groups is 4. The number of esters is 4. The molecule has 0 aliphatic heterocycles. The average Bonchev–Trinajstić information content (AvgIpc) is 3.68. The first kappa shape index (κ1) is 85.1. The van der Waals surface area contributed by atoms with Gasteiger partial charge >= 0.3 is 39.5 Å². The summed E-state index contributed by atoms with van der Waals surface area (Å²) >= 11 is 0. The van der Waals surface area contributed by atoms with Crippen LogP contribution in [0.3, 0.4) is 0 Å². The first-order valence-electron chi connectivity index (χ1n) is 35.2. The van der Waals surface area contributed by atoms with Crippen molar-refractivity contribution in [2.75, 3.05) is 39.6 Å². The van der Waals surface area contributed by atoms with Crippen molar-refractivity contribution in [3.05, 3.63) is 0 Å². The highest BCUT2D eigenvalue weighted by Gasteiger charge is 2.30. The van der Waals surface area contributed by atoms with Crippen LogP contribution < -0.4 is 0 Å². The molecular formula is C68H132O17P2. The van der Waals surface area contributed by atoms with E-state index in [1.54, 1.807) is 0 Å². The van der Waals surface area contributed by atoms with E-state index in [0.717, 1.165) is 108 Å². The molecule has 0 aliphatic carbocycles. The van der Waals surface area contributed by atoms with Crippen LogP contribution in [0.4, 0.5) is 0 Å². The van der Waals surface area contributed by atoms with Crippen LogP contribution in [0, 0.1) is 23.7 Å². The van der Waals surface area contributed by atoms with E-state index in [4.69, 9.17) is 37.0 Å². The lowest BCUT2D eigenvalue weighted by molar-refractivity contribution is -0.161. The van der Waals surface area contributed by atoms with Gasteiger partial charge in [-0.2, -0.15) is 0 Å². The Morgan fingerprint density at radius 3 is 0.713 bits per heavy atom. The third kappa shape index (κ3) is 62.6. The number of unbranched alkanes of at least 4 members (excludes halogenated alkanes) is 31. The van der Waals surface area contributed by atoms with Crippen LogP contribution in [-0.4, -0.2) is 96.7 Å². The number of aliphatic hydroxyl groups excluding tert-OH is 1. The van der Waals surface area contributed by atoms with Crippen molar-refractivity contribution >= 4 is 39.5 Å². The lowest BCUT2D eigenvalue weighted by Gasteiger charge is -2.21. The van der Waals surface area contributed by atoms with E-state index >= 15 is 0 Å². The third-order valence-electron chi connectivity index (χ3n) is 15.6. The van der Waals surface area contributed by atoms with Crippen LogP contribution in [0.1, 0.15) is 331 Å². The van der Waals surface area contributed by atoms with E-state index in [1.807, 2.05) is 0 Å². The molecule has 516 valence electrons. The zero-order valence-electron chi connectivity index (χ0n) is 56.6.